The molecule has 104 valence electrons. The highest BCUT2D eigenvalue weighted by Gasteiger charge is 2.01. The Balaban J connectivity index is 1.98. The Morgan fingerprint density at radius 2 is 2.00 bits per heavy atom. The minimum absolute atomic E-state index is 0.537. The number of rotatable bonds is 7. The lowest BCUT2D eigenvalue weighted by molar-refractivity contribution is 0.293. The molecule has 2 rings (SSSR count). The molecule has 0 saturated carbocycles. The van der Waals surface area contributed by atoms with E-state index >= 15 is 0 Å². The maximum Gasteiger partial charge on any atom is 0.221 e. The molecule has 0 aliphatic rings. The van der Waals surface area contributed by atoms with E-state index < -0.39 is 0 Å². The van der Waals surface area contributed by atoms with Crippen molar-refractivity contribution in [3.8, 4) is 5.88 Å². The van der Waals surface area contributed by atoms with Gasteiger partial charge in [-0.2, -0.15) is 0 Å². The molecular weight excluding hydrogens is 248 g/mol. The lowest BCUT2D eigenvalue weighted by Crippen LogP contribution is -2.05. The van der Waals surface area contributed by atoms with Crippen molar-refractivity contribution in [2.24, 2.45) is 0 Å². The molecule has 0 aliphatic carbocycles. The SMILES string of the molecule is CNCC/C=C/c1cccnc1OCc1ccccc1. The largest absolute Gasteiger partial charge is 0.472 e. The van der Waals surface area contributed by atoms with Crippen LogP contribution in [-0.2, 0) is 6.61 Å². The van der Waals surface area contributed by atoms with Gasteiger partial charge in [-0.1, -0.05) is 42.5 Å². The maximum atomic E-state index is 5.80. The van der Waals surface area contributed by atoms with E-state index in [2.05, 4.69) is 22.5 Å². The van der Waals surface area contributed by atoms with Gasteiger partial charge in [0, 0.05) is 11.8 Å². The van der Waals surface area contributed by atoms with Crippen LogP contribution in [0.3, 0.4) is 0 Å². The summed E-state index contributed by atoms with van der Waals surface area (Å²) in [5.74, 6) is 0.678. The lowest BCUT2D eigenvalue weighted by atomic mass is 10.2. The van der Waals surface area contributed by atoms with Gasteiger partial charge >= 0.3 is 0 Å². The molecule has 1 N–H and O–H groups in total. The highest BCUT2D eigenvalue weighted by atomic mass is 16.5. The van der Waals surface area contributed by atoms with Gasteiger partial charge in [-0.25, -0.2) is 4.98 Å². The van der Waals surface area contributed by atoms with Gasteiger partial charge < -0.3 is 10.1 Å². The van der Waals surface area contributed by atoms with Crippen LogP contribution in [0.4, 0.5) is 0 Å². The van der Waals surface area contributed by atoms with E-state index in [-0.39, 0.29) is 0 Å². The Hall–Kier alpha value is -2.13. The summed E-state index contributed by atoms with van der Waals surface area (Å²) < 4.78 is 5.80. The fourth-order valence-corrected chi connectivity index (χ4v) is 1.81. The smallest absolute Gasteiger partial charge is 0.221 e. The number of nitrogens with zero attached hydrogens (tertiary/aromatic N) is 1. The summed E-state index contributed by atoms with van der Waals surface area (Å²) in [7, 11) is 1.95. The van der Waals surface area contributed by atoms with Crippen LogP contribution in [0.15, 0.2) is 54.7 Å². The van der Waals surface area contributed by atoms with Gasteiger partial charge in [0.15, 0.2) is 0 Å². The van der Waals surface area contributed by atoms with E-state index in [1.807, 2.05) is 49.5 Å². The van der Waals surface area contributed by atoms with Crippen LogP contribution in [0.5, 0.6) is 5.88 Å². The molecule has 0 bridgehead atoms. The lowest BCUT2D eigenvalue weighted by Gasteiger charge is -2.07. The molecule has 20 heavy (non-hydrogen) atoms. The first-order valence-electron chi connectivity index (χ1n) is 6.83. The third kappa shape index (κ3) is 4.52. The minimum atomic E-state index is 0.537. The standard InChI is InChI=1S/C17H20N2O/c1-18-12-6-5-10-16-11-7-13-19-17(16)20-14-15-8-3-2-4-9-15/h2-5,7-11,13,18H,6,12,14H2,1H3/b10-5+. The van der Waals surface area contributed by atoms with Crippen LogP contribution in [0.2, 0.25) is 0 Å². The zero-order valence-electron chi connectivity index (χ0n) is 11.8. The van der Waals surface area contributed by atoms with Crippen molar-refractivity contribution in [2.75, 3.05) is 13.6 Å². The van der Waals surface area contributed by atoms with E-state index in [0.717, 1.165) is 24.1 Å². The summed E-state index contributed by atoms with van der Waals surface area (Å²) in [6, 6.07) is 14.1. The summed E-state index contributed by atoms with van der Waals surface area (Å²) in [6.45, 7) is 1.51. The predicted octanol–water partition coefficient (Wildman–Crippen LogP) is 3.28. The minimum Gasteiger partial charge on any atom is -0.472 e. The van der Waals surface area contributed by atoms with Crippen molar-refractivity contribution in [1.82, 2.24) is 10.3 Å². The molecule has 1 aromatic heterocycles. The van der Waals surface area contributed by atoms with Gasteiger partial charge in [-0.15, -0.1) is 0 Å². The summed E-state index contributed by atoms with van der Waals surface area (Å²) in [4.78, 5) is 4.30. The van der Waals surface area contributed by atoms with E-state index in [9.17, 15) is 0 Å². The normalized spacial score (nSPS) is 10.8. The number of hydrogen-bond donors (Lipinski definition) is 1. The van der Waals surface area contributed by atoms with Gasteiger partial charge in [0.1, 0.15) is 6.61 Å². The van der Waals surface area contributed by atoms with E-state index in [4.69, 9.17) is 4.74 Å². The average Bonchev–Trinajstić information content (AvgIpc) is 2.51. The molecule has 3 nitrogen and oxygen atoms in total. The van der Waals surface area contributed by atoms with E-state index in [1.165, 1.54) is 0 Å². The number of aromatic nitrogens is 1. The molecule has 3 heteroatoms. The van der Waals surface area contributed by atoms with Gasteiger partial charge in [-0.3, -0.25) is 0 Å². The van der Waals surface area contributed by atoms with Crippen LogP contribution in [0.25, 0.3) is 6.08 Å². The highest BCUT2D eigenvalue weighted by molar-refractivity contribution is 5.54. The zero-order valence-corrected chi connectivity index (χ0v) is 11.8. The second-order valence-electron chi connectivity index (χ2n) is 4.47. The number of hydrogen-bond acceptors (Lipinski definition) is 3. The van der Waals surface area contributed by atoms with Crippen LogP contribution in [0, 0.1) is 0 Å². The molecule has 0 aliphatic heterocycles. The third-order valence-corrected chi connectivity index (χ3v) is 2.88. The molecule has 2 aromatic rings. The molecular formula is C17H20N2O. The van der Waals surface area contributed by atoms with Gasteiger partial charge in [-0.05, 0) is 37.7 Å². The Morgan fingerprint density at radius 1 is 1.15 bits per heavy atom. The second kappa shape index (κ2) is 8.12. The number of pyridine rings is 1. The van der Waals surface area contributed by atoms with Crippen LogP contribution >= 0.6 is 0 Å². The first-order valence-corrected chi connectivity index (χ1v) is 6.83. The maximum absolute atomic E-state index is 5.80. The molecule has 0 fully saturated rings. The van der Waals surface area contributed by atoms with Crippen molar-refractivity contribution >= 4 is 6.08 Å². The molecule has 1 aromatic carbocycles. The fourth-order valence-electron chi connectivity index (χ4n) is 1.81. The predicted molar refractivity (Wildman–Crippen MR) is 82.6 cm³/mol. The highest BCUT2D eigenvalue weighted by Crippen LogP contribution is 2.17. The molecule has 0 amide bonds. The van der Waals surface area contributed by atoms with Crippen LogP contribution in [0.1, 0.15) is 17.5 Å². The number of benzene rings is 1. The summed E-state index contributed by atoms with van der Waals surface area (Å²) in [6.07, 6.45) is 6.93. The quantitative estimate of drug-likeness (QED) is 0.782. The van der Waals surface area contributed by atoms with Crippen LogP contribution in [-0.4, -0.2) is 18.6 Å². The van der Waals surface area contributed by atoms with Gasteiger partial charge in [0.05, 0.1) is 0 Å². The van der Waals surface area contributed by atoms with Crippen molar-refractivity contribution in [1.29, 1.82) is 0 Å². The second-order valence-corrected chi connectivity index (χ2v) is 4.47. The average molecular weight is 268 g/mol. The molecule has 1 heterocycles. The monoisotopic (exact) mass is 268 g/mol. The third-order valence-electron chi connectivity index (χ3n) is 2.88. The fraction of sp³-hybridized carbons (Fsp3) is 0.235. The first kappa shape index (κ1) is 14.3. The Bertz CT molecular complexity index is 538. The summed E-state index contributed by atoms with van der Waals surface area (Å²) in [5.41, 5.74) is 2.16. The molecule has 0 spiro atoms. The topological polar surface area (TPSA) is 34.2 Å². The van der Waals surface area contributed by atoms with Crippen LogP contribution < -0.4 is 10.1 Å². The zero-order chi connectivity index (χ0) is 14.0. The van der Waals surface area contributed by atoms with Gasteiger partial charge in [0.2, 0.25) is 5.88 Å². The molecule has 0 unspecified atom stereocenters. The van der Waals surface area contributed by atoms with Gasteiger partial charge in [0.25, 0.3) is 0 Å². The Kier molecular flexibility index (Phi) is 5.80. The van der Waals surface area contributed by atoms with E-state index in [0.29, 0.717) is 12.5 Å². The van der Waals surface area contributed by atoms with E-state index in [1.54, 1.807) is 6.20 Å². The van der Waals surface area contributed by atoms with Crippen molar-refractivity contribution < 1.29 is 4.74 Å². The Labute approximate surface area is 120 Å². The molecule has 0 saturated heterocycles. The number of ether oxygens (including phenoxy) is 1. The Morgan fingerprint density at radius 3 is 2.80 bits per heavy atom. The summed E-state index contributed by atoms with van der Waals surface area (Å²) in [5, 5.41) is 3.12. The first-order chi connectivity index (χ1) is 9.90. The van der Waals surface area contributed by atoms with Crippen molar-refractivity contribution in [2.45, 2.75) is 13.0 Å². The molecule has 0 radical (unpaired) electrons. The van der Waals surface area contributed by atoms with Crippen molar-refractivity contribution in [3.63, 3.8) is 0 Å². The summed E-state index contributed by atoms with van der Waals surface area (Å²) >= 11 is 0. The van der Waals surface area contributed by atoms with Crippen molar-refractivity contribution in [3.05, 3.63) is 65.9 Å². The number of nitrogens with one attached hydrogen (secondary N) is 1. The molecule has 0 atom stereocenters.